The Morgan fingerprint density at radius 2 is 1.88 bits per heavy atom. The molecule has 3 nitrogen and oxygen atoms in total. The molecule has 0 spiro atoms. The van der Waals surface area contributed by atoms with Crippen molar-refractivity contribution in [2.45, 2.75) is 90.1 Å². The minimum Gasteiger partial charge on any atom is -0.300 e. The zero-order chi connectivity index (χ0) is 24.3. The van der Waals surface area contributed by atoms with Gasteiger partial charge in [0.1, 0.15) is 11.0 Å². The molecule has 3 aromatic rings. The van der Waals surface area contributed by atoms with Crippen molar-refractivity contribution in [2.75, 3.05) is 0 Å². The van der Waals surface area contributed by atoms with Crippen LogP contribution >= 0.6 is 11.6 Å². The van der Waals surface area contributed by atoms with Gasteiger partial charge in [-0.15, -0.1) is 0 Å². The van der Waals surface area contributed by atoms with Crippen LogP contribution in [0.3, 0.4) is 0 Å². The molecule has 0 aliphatic heterocycles. The second kappa shape index (κ2) is 10.7. The molecular weight excluding hydrogens is 459 g/mol. The molecule has 184 valence electrons. The maximum Gasteiger partial charge on any atom is 0.418 e. The Morgan fingerprint density at radius 1 is 1.12 bits per heavy atom. The van der Waals surface area contributed by atoms with E-state index >= 15 is 0 Å². The van der Waals surface area contributed by atoms with E-state index in [0.29, 0.717) is 23.2 Å². The molecule has 0 saturated heterocycles. The van der Waals surface area contributed by atoms with Crippen LogP contribution in [0.5, 0.6) is 0 Å². The maximum absolute atomic E-state index is 13.8. The van der Waals surface area contributed by atoms with Crippen LogP contribution < -0.4 is 0 Å². The quantitative estimate of drug-likeness (QED) is 0.280. The minimum absolute atomic E-state index is 0.0390. The molecule has 0 N–H and O–H groups in total. The molecule has 1 aliphatic rings. The van der Waals surface area contributed by atoms with Gasteiger partial charge >= 0.3 is 6.18 Å². The maximum atomic E-state index is 13.8. The van der Waals surface area contributed by atoms with Gasteiger partial charge in [-0.1, -0.05) is 64.0 Å². The van der Waals surface area contributed by atoms with E-state index in [1.54, 1.807) is 4.57 Å². The Labute approximate surface area is 204 Å². The van der Waals surface area contributed by atoms with Crippen LogP contribution in [0, 0.1) is 5.92 Å². The summed E-state index contributed by atoms with van der Waals surface area (Å²) in [5, 5.41) is 0.201. The van der Waals surface area contributed by atoms with Gasteiger partial charge in [0, 0.05) is 35.5 Å². The van der Waals surface area contributed by atoms with Crippen LogP contribution in [0.4, 0.5) is 13.2 Å². The highest BCUT2D eigenvalue weighted by Crippen LogP contribution is 2.39. The van der Waals surface area contributed by atoms with Gasteiger partial charge in [-0.3, -0.25) is 0 Å². The van der Waals surface area contributed by atoms with Crippen LogP contribution in [0.2, 0.25) is 5.15 Å². The Kier molecular flexibility index (Phi) is 7.86. The molecule has 1 aliphatic carbocycles. The van der Waals surface area contributed by atoms with Gasteiger partial charge in [0.2, 0.25) is 0 Å². The zero-order valence-electron chi connectivity index (χ0n) is 20.0. The first-order chi connectivity index (χ1) is 16.3. The number of aromatic nitrogens is 3. The smallest absolute Gasteiger partial charge is 0.300 e. The molecule has 0 amide bonds. The highest BCUT2D eigenvalue weighted by molar-refractivity contribution is 6.30. The number of halogens is 4. The average molecular weight is 492 g/mol. The molecule has 1 unspecified atom stereocenters. The Morgan fingerprint density at radius 3 is 2.56 bits per heavy atom. The Hall–Kier alpha value is -2.08. The van der Waals surface area contributed by atoms with Crippen molar-refractivity contribution in [3.63, 3.8) is 0 Å². The number of unbranched alkanes of at least 4 members (excludes halogenated alkanes) is 1. The fourth-order valence-electron chi connectivity index (χ4n) is 5.22. The summed E-state index contributed by atoms with van der Waals surface area (Å²) in [5.74, 6) is 1.57. The van der Waals surface area contributed by atoms with Crippen molar-refractivity contribution in [1.29, 1.82) is 0 Å². The van der Waals surface area contributed by atoms with Crippen LogP contribution in [0.15, 0.2) is 30.6 Å². The van der Waals surface area contributed by atoms with Crippen LogP contribution in [-0.4, -0.2) is 14.5 Å². The molecule has 1 saturated carbocycles. The summed E-state index contributed by atoms with van der Waals surface area (Å²) in [4.78, 5) is 8.79. The molecule has 34 heavy (non-hydrogen) atoms. The third-order valence-corrected chi connectivity index (χ3v) is 7.46. The highest BCUT2D eigenvalue weighted by Gasteiger charge is 2.35. The largest absolute Gasteiger partial charge is 0.418 e. The first-order valence-electron chi connectivity index (χ1n) is 12.5. The van der Waals surface area contributed by atoms with Crippen LogP contribution in [0.1, 0.15) is 94.4 Å². The summed E-state index contributed by atoms with van der Waals surface area (Å²) in [6.45, 7) is 4.46. The monoisotopic (exact) mass is 491 g/mol. The summed E-state index contributed by atoms with van der Waals surface area (Å²) in [7, 11) is 0. The van der Waals surface area contributed by atoms with E-state index in [4.69, 9.17) is 16.6 Å². The zero-order valence-corrected chi connectivity index (χ0v) is 20.7. The van der Waals surface area contributed by atoms with Crippen LogP contribution in [0.25, 0.3) is 16.7 Å². The van der Waals surface area contributed by atoms with E-state index in [0.717, 1.165) is 49.6 Å². The van der Waals surface area contributed by atoms with Crippen LogP contribution in [-0.2, 0) is 12.6 Å². The van der Waals surface area contributed by atoms with Crippen molar-refractivity contribution < 1.29 is 13.2 Å². The number of alkyl halides is 3. The Bertz CT molecular complexity index is 1120. The summed E-state index contributed by atoms with van der Waals surface area (Å²) in [6, 6.07) is 5.64. The van der Waals surface area contributed by atoms with Crippen molar-refractivity contribution in [3.8, 4) is 5.82 Å². The lowest BCUT2D eigenvalue weighted by Crippen LogP contribution is -2.07. The molecule has 4 rings (SSSR count). The lowest BCUT2D eigenvalue weighted by molar-refractivity contribution is -0.136. The van der Waals surface area contributed by atoms with E-state index in [1.165, 1.54) is 44.4 Å². The second-order valence-electron chi connectivity index (χ2n) is 9.63. The van der Waals surface area contributed by atoms with Gasteiger partial charge in [0.15, 0.2) is 0 Å². The summed E-state index contributed by atoms with van der Waals surface area (Å²) in [5.41, 5.74) is 1.82. The van der Waals surface area contributed by atoms with Gasteiger partial charge in [-0.05, 0) is 49.3 Å². The first kappa shape index (κ1) is 25.0. The molecule has 7 heteroatoms. The number of fused-ring (bicyclic) bond motifs is 1. The average Bonchev–Trinajstić information content (AvgIpc) is 3.47. The predicted molar refractivity (Wildman–Crippen MR) is 132 cm³/mol. The van der Waals surface area contributed by atoms with Gasteiger partial charge in [0.25, 0.3) is 0 Å². The van der Waals surface area contributed by atoms with Gasteiger partial charge in [0.05, 0.1) is 11.1 Å². The van der Waals surface area contributed by atoms with Gasteiger partial charge in [-0.25, -0.2) is 9.97 Å². The first-order valence-corrected chi connectivity index (χ1v) is 12.9. The third-order valence-electron chi connectivity index (χ3n) is 7.26. The molecule has 1 atom stereocenters. The lowest BCUT2D eigenvalue weighted by atomic mass is 9.91. The second-order valence-corrected chi connectivity index (χ2v) is 10.0. The molecular formula is C27H33ClF3N3. The van der Waals surface area contributed by atoms with E-state index in [-0.39, 0.29) is 10.5 Å². The minimum atomic E-state index is -4.49. The number of pyridine rings is 2. The van der Waals surface area contributed by atoms with Crippen molar-refractivity contribution >= 4 is 22.5 Å². The number of hydrogen-bond acceptors (Lipinski definition) is 2. The molecule has 3 heterocycles. The fourth-order valence-corrected chi connectivity index (χ4v) is 5.37. The standard InChI is InChI=1S/C27H33ClF3N3/c1-3-5-8-18(4-2)11-12-19-13-23(20-9-6-7-10-20)33-26(14-19)34-17-22(27(29,30)31)21-16-32-25(28)15-24(21)34/h13-18,20H,3-12H2,1-2H3. The van der Waals surface area contributed by atoms with E-state index in [2.05, 4.69) is 24.9 Å². The fraction of sp³-hybridized carbons (Fsp3) is 0.556. The highest BCUT2D eigenvalue weighted by atomic mass is 35.5. The van der Waals surface area contributed by atoms with Crippen molar-refractivity contribution in [1.82, 2.24) is 14.5 Å². The van der Waals surface area contributed by atoms with Crippen molar-refractivity contribution in [3.05, 3.63) is 52.6 Å². The number of hydrogen-bond donors (Lipinski definition) is 0. The van der Waals surface area contributed by atoms with E-state index in [9.17, 15) is 13.2 Å². The number of rotatable bonds is 9. The third kappa shape index (κ3) is 5.59. The summed E-state index contributed by atoms with van der Waals surface area (Å²) in [6.07, 6.45) is 9.17. The molecule has 0 aromatic carbocycles. The molecule has 3 aromatic heterocycles. The molecule has 0 bridgehead atoms. The SMILES string of the molecule is CCCCC(CC)CCc1cc(C2CCCC2)nc(-n2cc(C(F)(F)F)c3cnc(Cl)cc32)c1. The predicted octanol–water partition coefficient (Wildman–Crippen LogP) is 8.90. The van der Waals surface area contributed by atoms with E-state index in [1.807, 2.05) is 6.07 Å². The topological polar surface area (TPSA) is 30.7 Å². The summed E-state index contributed by atoms with van der Waals surface area (Å²) >= 11 is 6.08. The van der Waals surface area contributed by atoms with Crippen molar-refractivity contribution in [2.24, 2.45) is 5.92 Å². The van der Waals surface area contributed by atoms with Gasteiger partial charge < -0.3 is 4.57 Å². The normalized spacial score (nSPS) is 15.9. The lowest BCUT2D eigenvalue weighted by Gasteiger charge is -2.17. The van der Waals surface area contributed by atoms with Gasteiger partial charge in [-0.2, -0.15) is 13.2 Å². The Balaban J connectivity index is 1.77. The number of nitrogens with zero attached hydrogens (tertiary/aromatic N) is 3. The number of aryl methyl sites for hydroxylation is 1. The molecule has 1 fully saturated rings. The summed E-state index contributed by atoms with van der Waals surface area (Å²) < 4.78 is 43.0. The molecule has 0 radical (unpaired) electrons. The van der Waals surface area contributed by atoms with E-state index < -0.39 is 11.7 Å².